The second-order valence-electron chi connectivity index (χ2n) is 4.93. The molecule has 2 nitrogen and oxygen atoms in total. The number of carboxylic acids is 1. The minimum atomic E-state index is -0.570. The summed E-state index contributed by atoms with van der Waals surface area (Å²) >= 11 is 0. The average Bonchev–Trinajstić information content (AvgIpc) is 2.85. The van der Waals surface area contributed by atoms with Gasteiger partial charge in [-0.15, -0.1) is 0 Å². The fraction of sp³-hybridized carbons (Fsp3) is 0.727. The van der Waals surface area contributed by atoms with Gasteiger partial charge in [0.25, 0.3) is 0 Å². The van der Waals surface area contributed by atoms with Gasteiger partial charge in [0.2, 0.25) is 0 Å². The van der Waals surface area contributed by atoms with Crippen molar-refractivity contribution < 1.29 is 9.90 Å². The van der Waals surface area contributed by atoms with Crippen molar-refractivity contribution in [1.29, 1.82) is 0 Å². The molecule has 0 aromatic heterocycles. The molecule has 0 amide bonds. The quantitative estimate of drug-likeness (QED) is 0.623. The highest BCUT2D eigenvalue weighted by Crippen LogP contribution is 2.75. The van der Waals surface area contributed by atoms with Crippen molar-refractivity contribution in [3.8, 4) is 0 Å². The molecule has 0 spiro atoms. The number of hydrogen-bond donors (Lipinski definition) is 1. The van der Waals surface area contributed by atoms with Crippen molar-refractivity contribution in [1.82, 2.24) is 0 Å². The lowest BCUT2D eigenvalue weighted by Crippen LogP contribution is -2.05. The maximum absolute atomic E-state index is 10.9. The van der Waals surface area contributed by atoms with Gasteiger partial charge in [-0.1, -0.05) is 11.1 Å². The van der Waals surface area contributed by atoms with Gasteiger partial charge in [-0.2, -0.15) is 0 Å². The first-order valence-corrected chi connectivity index (χ1v) is 5.03. The Balaban J connectivity index is 1.95. The molecular formula is C11H14O2. The van der Waals surface area contributed by atoms with Crippen LogP contribution < -0.4 is 0 Å². The predicted octanol–water partition coefficient (Wildman–Crippen LogP) is 1.92. The third kappa shape index (κ3) is 0.767. The molecule has 0 bridgehead atoms. The van der Waals surface area contributed by atoms with Crippen molar-refractivity contribution in [3.63, 3.8) is 0 Å². The minimum Gasteiger partial charge on any atom is -0.481 e. The van der Waals surface area contributed by atoms with Gasteiger partial charge in [0, 0.05) is 0 Å². The SMILES string of the molecule is CC(C)=C1[C@@H]2[C@H](C(=O)O)[C@H]2[C@H]2C[C@@H]12. The van der Waals surface area contributed by atoms with E-state index in [-0.39, 0.29) is 5.92 Å². The number of allylic oxidation sites excluding steroid dienone is 2. The molecule has 3 fully saturated rings. The topological polar surface area (TPSA) is 37.3 Å². The zero-order chi connectivity index (χ0) is 9.33. The maximum atomic E-state index is 10.9. The minimum absolute atomic E-state index is 0.0198. The maximum Gasteiger partial charge on any atom is 0.307 e. The first-order valence-electron chi connectivity index (χ1n) is 5.03. The van der Waals surface area contributed by atoms with Crippen molar-refractivity contribution in [2.45, 2.75) is 20.3 Å². The normalized spacial score (nSPS) is 49.7. The number of carbonyl (C=O) groups is 1. The van der Waals surface area contributed by atoms with Crippen LogP contribution in [0.4, 0.5) is 0 Å². The van der Waals surface area contributed by atoms with Gasteiger partial charge in [0.05, 0.1) is 5.92 Å². The highest BCUT2D eigenvalue weighted by atomic mass is 16.4. The lowest BCUT2D eigenvalue weighted by Gasteiger charge is -2.05. The summed E-state index contributed by atoms with van der Waals surface area (Å²) in [6, 6.07) is 0. The highest BCUT2D eigenvalue weighted by Gasteiger charge is 2.73. The molecular weight excluding hydrogens is 164 g/mol. The Bertz CT molecular complexity index is 325. The van der Waals surface area contributed by atoms with Gasteiger partial charge in [0.1, 0.15) is 0 Å². The standard InChI is InChI=1S/C11H14O2/c1-4(2)7-5-3-6(5)8-9(7)10(8)11(12)13/h5-6,8-10H,3H2,1-2H3,(H,12,13)/t5-,6+,8+,9+,10-/m1/s1. The molecule has 3 aliphatic rings. The van der Waals surface area contributed by atoms with Crippen LogP contribution in [-0.2, 0) is 4.79 Å². The van der Waals surface area contributed by atoms with Crippen LogP contribution in [-0.4, -0.2) is 11.1 Å². The molecule has 3 aliphatic carbocycles. The Kier molecular flexibility index (Phi) is 1.17. The van der Waals surface area contributed by atoms with Gasteiger partial charge < -0.3 is 5.11 Å². The Morgan fingerprint density at radius 3 is 2.69 bits per heavy atom. The summed E-state index contributed by atoms with van der Waals surface area (Å²) in [5.41, 5.74) is 2.88. The molecule has 3 rings (SSSR count). The predicted molar refractivity (Wildman–Crippen MR) is 48.1 cm³/mol. The molecule has 0 radical (unpaired) electrons. The van der Waals surface area contributed by atoms with Crippen LogP contribution in [0.3, 0.4) is 0 Å². The van der Waals surface area contributed by atoms with E-state index in [1.165, 1.54) is 17.6 Å². The van der Waals surface area contributed by atoms with Crippen LogP contribution in [0.25, 0.3) is 0 Å². The summed E-state index contributed by atoms with van der Waals surface area (Å²) in [6.45, 7) is 4.26. The second-order valence-corrected chi connectivity index (χ2v) is 4.93. The van der Waals surface area contributed by atoms with Crippen molar-refractivity contribution in [2.75, 3.05) is 0 Å². The first-order chi connectivity index (χ1) is 6.13. The van der Waals surface area contributed by atoms with E-state index in [0.29, 0.717) is 11.8 Å². The Morgan fingerprint density at radius 1 is 1.46 bits per heavy atom. The van der Waals surface area contributed by atoms with E-state index in [1.54, 1.807) is 0 Å². The van der Waals surface area contributed by atoms with Crippen LogP contribution in [0.15, 0.2) is 11.1 Å². The number of aliphatic carboxylic acids is 1. The summed E-state index contributed by atoms with van der Waals surface area (Å²) in [5, 5.41) is 8.97. The fourth-order valence-electron chi connectivity index (χ4n) is 3.54. The second kappa shape index (κ2) is 1.99. The van der Waals surface area contributed by atoms with Gasteiger partial charge >= 0.3 is 5.97 Å². The van der Waals surface area contributed by atoms with Gasteiger partial charge in [-0.3, -0.25) is 4.79 Å². The summed E-state index contributed by atoms with van der Waals surface area (Å²) in [5.74, 6) is 1.90. The van der Waals surface area contributed by atoms with E-state index in [9.17, 15) is 4.79 Å². The summed E-state index contributed by atoms with van der Waals surface area (Å²) in [4.78, 5) is 10.9. The largest absolute Gasteiger partial charge is 0.481 e. The van der Waals surface area contributed by atoms with E-state index in [4.69, 9.17) is 5.11 Å². The number of hydrogen-bond acceptors (Lipinski definition) is 1. The smallest absolute Gasteiger partial charge is 0.307 e. The number of carboxylic acid groups (broad SMARTS) is 1. The Labute approximate surface area is 77.6 Å². The lowest BCUT2D eigenvalue weighted by atomic mass is 10.0. The van der Waals surface area contributed by atoms with Gasteiger partial charge in [0.15, 0.2) is 0 Å². The molecule has 0 aromatic rings. The first kappa shape index (κ1) is 7.60. The molecule has 0 unspecified atom stereocenters. The molecule has 13 heavy (non-hydrogen) atoms. The molecule has 0 aromatic carbocycles. The lowest BCUT2D eigenvalue weighted by molar-refractivity contribution is -0.139. The summed E-state index contributed by atoms with van der Waals surface area (Å²) in [6.07, 6.45) is 1.27. The molecule has 70 valence electrons. The average molecular weight is 178 g/mol. The molecule has 2 heteroatoms. The van der Waals surface area contributed by atoms with E-state index < -0.39 is 5.97 Å². The van der Waals surface area contributed by atoms with Crippen LogP contribution in [0.2, 0.25) is 0 Å². The van der Waals surface area contributed by atoms with E-state index >= 15 is 0 Å². The van der Waals surface area contributed by atoms with Crippen LogP contribution >= 0.6 is 0 Å². The Morgan fingerprint density at radius 2 is 2.15 bits per heavy atom. The van der Waals surface area contributed by atoms with Crippen molar-refractivity contribution in [2.24, 2.45) is 29.6 Å². The van der Waals surface area contributed by atoms with Gasteiger partial charge in [-0.25, -0.2) is 0 Å². The van der Waals surface area contributed by atoms with Crippen molar-refractivity contribution >= 4 is 5.97 Å². The van der Waals surface area contributed by atoms with Crippen molar-refractivity contribution in [3.05, 3.63) is 11.1 Å². The summed E-state index contributed by atoms with van der Waals surface area (Å²) < 4.78 is 0. The zero-order valence-corrected chi connectivity index (χ0v) is 7.95. The van der Waals surface area contributed by atoms with E-state index in [0.717, 1.165) is 11.8 Å². The van der Waals surface area contributed by atoms with E-state index in [1.807, 2.05) is 0 Å². The third-order valence-corrected chi connectivity index (χ3v) is 4.03. The zero-order valence-electron chi connectivity index (χ0n) is 7.95. The molecule has 5 atom stereocenters. The van der Waals surface area contributed by atoms with Crippen LogP contribution in [0.5, 0.6) is 0 Å². The molecule has 1 N–H and O–H groups in total. The van der Waals surface area contributed by atoms with Gasteiger partial charge in [-0.05, 0) is 43.9 Å². The Hall–Kier alpha value is -0.790. The van der Waals surface area contributed by atoms with Crippen LogP contribution in [0.1, 0.15) is 20.3 Å². The summed E-state index contributed by atoms with van der Waals surface area (Å²) in [7, 11) is 0. The number of fused-ring (bicyclic) bond motifs is 3. The van der Waals surface area contributed by atoms with E-state index in [2.05, 4.69) is 13.8 Å². The van der Waals surface area contributed by atoms with Crippen LogP contribution in [0, 0.1) is 29.6 Å². The molecule has 0 saturated heterocycles. The molecule has 3 saturated carbocycles. The molecule has 0 heterocycles. The third-order valence-electron chi connectivity index (χ3n) is 4.03. The molecule has 0 aliphatic heterocycles. The monoisotopic (exact) mass is 178 g/mol. The number of rotatable bonds is 1. The fourth-order valence-corrected chi connectivity index (χ4v) is 3.54. The highest BCUT2D eigenvalue weighted by molar-refractivity contribution is 5.77.